The van der Waals surface area contributed by atoms with Crippen LogP contribution in [0.5, 0.6) is 5.75 Å². The Labute approximate surface area is 296 Å². The number of methoxy groups -OCH3 is 4. The third-order valence-corrected chi connectivity index (χ3v) is 11.4. The molecule has 1 aliphatic heterocycles. The van der Waals surface area contributed by atoms with Crippen molar-refractivity contribution in [2.75, 3.05) is 28.4 Å². The van der Waals surface area contributed by atoms with Crippen molar-refractivity contribution in [3.63, 3.8) is 0 Å². The summed E-state index contributed by atoms with van der Waals surface area (Å²) in [4.78, 5) is 70.9. The van der Waals surface area contributed by atoms with Gasteiger partial charge in [0.05, 0.1) is 62.5 Å². The zero-order valence-electron chi connectivity index (χ0n) is 30.4. The van der Waals surface area contributed by atoms with Gasteiger partial charge in [0.25, 0.3) is 0 Å². The van der Waals surface area contributed by atoms with Crippen molar-refractivity contribution < 1.29 is 47.7 Å². The summed E-state index contributed by atoms with van der Waals surface area (Å²) in [5.41, 5.74) is 0.154. The molecule has 6 rings (SSSR count). The summed E-state index contributed by atoms with van der Waals surface area (Å²) in [6.45, 7) is 0. The molecular weight excluding hydrogens is 640 g/mol. The number of ether oxygens (including phenoxy) is 5. The Bertz CT molecular complexity index is 1510. The van der Waals surface area contributed by atoms with Crippen molar-refractivity contribution in [1.82, 2.24) is 0 Å². The molecule has 5 aliphatic rings. The standard InChI is InChI=1S/C40H54O10/c1-46-36(42)28-25-21-17-13-9-5-6-11-15-19-23-27(29(28)37(43)47-2)35-30(25)32-34(41)26-22-18-14-10-7-8-12-16-20-24-40(32,50-35)33(39(45)49-4)31(26)38(44)48-3/h26,32H,5-24H2,1-4H3. The summed E-state index contributed by atoms with van der Waals surface area (Å²) >= 11 is 0. The van der Waals surface area contributed by atoms with Crippen LogP contribution in [0.2, 0.25) is 0 Å². The first kappa shape index (κ1) is 37.6. The van der Waals surface area contributed by atoms with Crippen LogP contribution in [-0.4, -0.2) is 63.7 Å². The molecule has 0 saturated heterocycles. The van der Waals surface area contributed by atoms with Gasteiger partial charge in [-0.25, -0.2) is 19.2 Å². The van der Waals surface area contributed by atoms with Crippen molar-refractivity contribution in [1.29, 1.82) is 0 Å². The molecular formula is C40H54O10. The first-order valence-electron chi connectivity index (χ1n) is 18.8. The van der Waals surface area contributed by atoms with Gasteiger partial charge in [-0.3, -0.25) is 4.79 Å². The Morgan fingerprint density at radius 2 is 1.04 bits per heavy atom. The summed E-state index contributed by atoms with van der Waals surface area (Å²) in [5, 5.41) is 0. The minimum Gasteiger partial charge on any atom is -0.481 e. The summed E-state index contributed by atoms with van der Waals surface area (Å²) in [6.07, 6.45) is 16.2. The van der Waals surface area contributed by atoms with E-state index in [0.717, 1.165) is 77.0 Å². The number of esters is 4. The number of fused-ring (bicyclic) bond motifs is 15. The molecule has 1 saturated carbocycles. The molecule has 0 N–H and O–H groups in total. The molecule has 0 amide bonds. The quantitative estimate of drug-likeness (QED) is 0.231. The van der Waals surface area contributed by atoms with E-state index in [2.05, 4.69) is 0 Å². The molecule has 274 valence electrons. The summed E-state index contributed by atoms with van der Waals surface area (Å²) < 4.78 is 28.5. The number of benzene rings is 1. The van der Waals surface area contributed by atoms with Gasteiger partial charge in [-0.05, 0) is 50.5 Å². The first-order valence-corrected chi connectivity index (χ1v) is 18.8. The molecule has 10 nitrogen and oxygen atoms in total. The fourth-order valence-electron chi connectivity index (χ4n) is 9.02. The Hall–Kier alpha value is -3.69. The van der Waals surface area contributed by atoms with Gasteiger partial charge in [0.2, 0.25) is 0 Å². The van der Waals surface area contributed by atoms with Crippen molar-refractivity contribution in [2.24, 2.45) is 5.92 Å². The number of rotatable bonds is 4. The van der Waals surface area contributed by atoms with E-state index in [1.54, 1.807) is 0 Å². The van der Waals surface area contributed by atoms with Gasteiger partial charge in [-0.1, -0.05) is 83.5 Å². The highest BCUT2D eigenvalue weighted by Gasteiger charge is 2.64. The second-order valence-corrected chi connectivity index (χ2v) is 14.3. The normalized spacial score (nSPS) is 24.9. The average Bonchev–Trinajstić information content (AvgIpc) is 3.48. The largest absolute Gasteiger partial charge is 0.481 e. The summed E-state index contributed by atoms with van der Waals surface area (Å²) in [5.74, 6) is -4.70. The molecule has 10 heteroatoms. The number of hydrogen-bond acceptors (Lipinski definition) is 10. The van der Waals surface area contributed by atoms with Crippen molar-refractivity contribution in [3.8, 4) is 5.75 Å². The van der Waals surface area contributed by atoms with E-state index in [1.807, 2.05) is 0 Å². The molecule has 3 atom stereocenters. The van der Waals surface area contributed by atoms with E-state index in [-0.39, 0.29) is 34.5 Å². The van der Waals surface area contributed by atoms with E-state index >= 15 is 4.79 Å². The summed E-state index contributed by atoms with van der Waals surface area (Å²) in [7, 11) is 5.08. The van der Waals surface area contributed by atoms with Crippen LogP contribution < -0.4 is 4.74 Å². The van der Waals surface area contributed by atoms with Crippen LogP contribution in [-0.2, 0) is 46.2 Å². The molecule has 1 heterocycles. The lowest BCUT2D eigenvalue weighted by Gasteiger charge is -2.42. The Balaban J connectivity index is 1.91. The van der Waals surface area contributed by atoms with Crippen molar-refractivity contribution in [3.05, 3.63) is 39.0 Å². The topological polar surface area (TPSA) is 132 Å². The zero-order valence-corrected chi connectivity index (χ0v) is 30.4. The predicted molar refractivity (Wildman–Crippen MR) is 185 cm³/mol. The highest BCUT2D eigenvalue weighted by atomic mass is 16.5. The minimum atomic E-state index is -1.60. The Kier molecular flexibility index (Phi) is 12.8. The number of carbonyl (C=O) groups is 5. The van der Waals surface area contributed by atoms with Crippen LogP contribution in [0.15, 0.2) is 11.1 Å². The van der Waals surface area contributed by atoms with Crippen LogP contribution >= 0.6 is 0 Å². The van der Waals surface area contributed by atoms with Gasteiger partial charge in [-0.15, -0.1) is 0 Å². The highest BCUT2D eigenvalue weighted by molar-refractivity contribution is 6.13. The average molecular weight is 695 g/mol. The van der Waals surface area contributed by atoms with Gasteiger partial charge < -0.3 is 23.7 Å². The first-order chi connectivity index (χ1) is 24.3. The van der Waals surface area contributed by atoms with E-state index in [1.165, 1.54) is 28.4 Å². The lowest BCUT2D eigenvalue weighted by Crippen LogP contribution is -2.53. The summed E-state index contributed by atoms with van der Waals surface area (Å²) in [6, 6.07) is 0. The molecule has 4 bridgehead atoms. The fourth-order valence-corrected chi connectivity index (χ4v) is 9.02. The van der Waals surface area contributed by atoms with Crippen LogP contribution in [0.4, 0.5) is 0 Å². The lowest BCUT2D eigenvalue weighted by atomic mass is 9.61. The second-order valence-electron chi connectivity index (χ2n) is 14.3. The molecule has 0 radical (unpaired) electrons. The van der Waals surface area contributed by atoms with E-state index < -0.39 is 41.3 Å². The number of hydrogen-bond donors (Lipinski definition) is 0. The van der Waals surface area contributed by atoms with Crippen LogP contribution in [0.3, 0.4) is 0 Å². The van der Waals surface area contributed by atoms with Crippen LogP contribution in [0.1, 0.15) is 159 Å². The molecule has 3 unspecified atom stereocenters. The van der Waals surface area contributed by atoms with E-state index in [0.29, 0.717) is 67.4 Å². The Morgan fingerprint density at radius 3 is 1.58 bits per heavy atom. The van der Waals surface area contributed by atoms with E-state index in [4.69, 9.17) is 23.7 Å². The molecule has 1 fully saturated rings. The van der Waals surface area contributed by atoms with E-state index in [9.17, 15) is 19.2 Å². The van der Waals surface area contributed by atoms with Gasteiger partial charge in [0.15, 0.2) is 11.4 Å². The SMILES string of the molecule is COC(=O)C1=C(C(=O)OC)C23CCCCCCCCCCC1C(=O)C2c1c2c(C(=O)OC)c(C(=O)OC)c(c1O3)CCCCCCCCCC2. The molecule has 1 aromatic carbocycles. The molecule has 1 spiro atoms. The number of Topliss-reactive ketones (excluding diaryl/α,β-unsaturated/α-hetero) is 1. The lowest BCUT2D eigenvalue weighted by molar-refractivity contribution is -0.145. The zero-order chi connectivity index (χ0) is 35.8. The van der Waals surface area contributed by atoms with Crippen LogP contribution in [0, 0.1) is 5.92 Å². The smallest absolute Gasteiger partial charge is 0.339 e. The third kappa shape index (κ3) is 7.09. The molecule has 0 aromatic heterocycles. The van der Waals surface area contributed by atoms with Gasteiger partial charge >= 0.3 is 23.9 Å². The maximum Gasteiger partial charge on any atom is 0.339 e. The monoisotopic (exact) mass is 694 g/mol. The van der Waals surface area contributed by atoms with Crippen molar-refractivity contribution >= 4 is 29.7 Å². The van der Waals surface area contributed by atoms with Gasteiger partial charge in [0, 0.05) is 11.1 Å². The predicted octanol–water partition coefficient (Wildman–Crippen LogP) is 7.45. The number of ketones is 1. The third-order valence-electron chi connectivity index (χ3n) is 11.4. The fraction of sp³-hybridized carbons (Fsp3) is 0.675. The highest BCUT2D eigenvalue weighted by Crippen LogP contribution is 2.60. The maximum absolute atomic E-state index is 15.3. The molecule has 1 aromatic rings. The minimum absolute atomic E-state index is 0.000778. The number of carbonyl (C=O) groups excluding carboxylic acids is 5. The Morgan fingerprint density at radius 1 is 0.580 bits per heavy atom. The van der Waals surface area contributed by atoms with Crippen LogP contribution in [0.25, 0.3) is 0 Å². The molecule has 4 aliphatic carbocycles. The van der Waals surface area contributed by atoms with Gasteiger partial charge in [-0.2, -0.15) is 0 Å². The van der Waals surface area contributed by atoms with Gasteiger partial charge in [0.1, 0.15) is 5.75 Å². The second kappa shape index (κ2) is 17.0. The maximum atomic E-state index is 15.3. The van der Waals surface area contributed by atoms with Crippen molar-refractivity contribution in [2.45, 2.75) is 140 Å². The molecule has 50 heavy (non-hydrogen) atoms.